The lowest BCUT2D eigenvalue weighted by molar-refractivity contribution is -0.111. The second kappa shape index (κ2) is 11.3. The van der Waals surface area contributed by atoms with Gasteiger partial charge in [-0.2, -0.15) is 0 Å². The number of aromatic nitrogens is 2. The largest absolute Gasteiger partial charge is 0.366 e. The molecule has 1 aliphatic heterocycles. The predicted octanol–water partition coefficient (Wildman–Crippen LogP) is 4.75. The standard InChI is InChI=1S/C26H25ClFN5O2/c1-33(2)11-3-6-25(34)32-23-15-20-24(13-17(23)7-9-19-5-4-12-35-19)29-16-30-26(20)31-18-8-10-22(28)21(27)14-18/h3,6,8,10,13-16,19H,4-5,11-12H2,1-2H3,(H,32,34)(H,29,30,31)/b6-3+/t19-/m0/s1. The predicted molar refractivity (Wildman–Crippen MR) is 136 cm³/mol. The number of hydrogen-bond donors (Lipinski definition) is 2. The summed E-state index contributed by atoms with van der Waals surface area (Å²) in [4.78, 5) is 23.3. The molecule has 0 spiro atoms. The van der Waals surface area contributed by atoms with Gasteiger partial charge < -0.3 is 20.3 Å². The number of nitrogens with one attached hydrogen (secondary N) is 2. The van der Waals surface area contributed by atoms with Crippen LogP contribution in [0, 0.1) is 17.7 Å². The lowest BCUT2D eigenvalue weighted by atomic mass is 10.1. The van der Waals surface area contributed by atoms with Gasteiger partial charge in [-0.15, -0.1) is 0 Å². The first-order valence-corrected chi connectivity index (χ1v) is 11.5. The molecule has 0 radical (unpaired) electrons. The average molecular weight is 494 g/mol. The van der Waals surface area contributed by atoms with Crippen LogP contribution in [0.2, 0.25) is 5.02 Å². The van der Waals surface area contributed by atoms with Crippen LogP contribution in [0.5, 0.6) is 0 Å². The fourth-order valence-electron chi connectivity index (χ4n) is 3.51. The number of hydrogen-bond acceptors (Lipinski definition) is 6. The molecule has 2 heterocycles. The summed E-state index contributed by atoms with van der Waals surface area (Å²) in [6.07, 6.45) is 6.43. The van der Waals surface area contributed by atoms with Crippen molar-refractivity contribution in [3.05, 3.63) is 65.2 Å². The summed E-state index contributed by atoms with van der Waals surface area (Å²) in [6.45, 7) is 1.34. The average Bonchev–Trinajstić information content (AvgIpc) is 3.34. The maximum Gasteiger partial charge on any atom is 0.248 e. The third kappa shape index (κ3) is 6.55. The van der Waals surface area contributed by atoms with Gasteiger partial charge >= 0.3 is 0 Å². The Labute approximate surface area is 208 Å². The van der Waals surface area contributed by atoms with Crippen LogP contribution in [-0.4, -0.2) is 54.1 Å². The minimum Gasteiger partial charge on any atom is -0.366 e. The Bertz CT molecular complexity index is 1330. The fourth-order valence-corrected chi connectivity index (χ4v) is 3.70. The van der Waals surface area contributed by atoms with Crippen molar-refractivity contribution < 1.29 is 13.9 Å². The Morgan fingerprint density at radius 1 is 1.31 bits per heavy atom. The lowest BCUT2D eigenvalue weighted by Gasteiger charge is -2.12. The highest BCUT2D eigenvalue weighted by molar-refractivity contribution is 6.31. The number of nitrogens with zero attached hydrogens (tertiary/aromatic N) is 3. The number of halogens is 2. The van der Waals surface area contributed by atoms with Crippen LogP contribution < -0.4 is 10.6 Å². The molecule has 1 saturated heterocycles. The molecule has 0 unspecified atom stereocenters. The molecule has 2 aromatic carbocycles. The lowest BCUT2D eigenvalue weighted by Crippen LogP contribution is -2.13. The van der Waals surface area contributed by atoms with E-state index < -0.39 is 5.82 Å². The molecule has 3 aromatic rings. The Hall–Kier alpha value is -3.51. The number of ether oxygens (including phenoxy) is 1. The molecular formula is C26H25ClFN5O2. The Morgan fingerprint density at radius 3 is 2.91 bits per heavy atom. The summed E-state index contributed by atoms with van der Waals surface area (Å²) in [5, 5.41) is 6.72. The van der Waals surface area contributed by atoms with E-state index in [1.54, 1.807) is 24.3 Å². The van der Waals surface area contributed by atoms with Crippen LogP contribution in [0.1, 0.15) is 18.4 Å². The zero-order valence-electron chi connectivity index (χ0n) is 19.4. The SMILES string of the molecule is CN(C)C/C=C/C(=O)Nc1cc2c(Nc3ccc(F)c(Cl)c3)ncnc2cc1C#C[C@@H]1CCCO1. The highest BCUT2D eigenvalue weighted by Gasteiger charge is 2.14. The van der Waals surface area contributed by atoms with Crippen LogP contribution in [0.25, 0.3) is 10.9 Å². The van der Waals surface area contributed by atoms with Gasteiger partial charge in [0.25, 0.3) is 0 Å². The van der Waals surface area contributed by atoms with E-state index in [9.17, 15) is 9.18 Å². The first-order chi connectivity index (χ1) is 16.9. The van der Waals surface area contributed by atoms with Crippen molar-refractivity contribution in [1.29, 1.82) is 0 Å². The maximum absolute atomic E-state index is 13.6. The van der Waals surface area contributed by atoms with Crippen molar-refractivity contribution in [1.82, 2.24) is 14.9 Å². The summed E-state index contributed by atoms with van der Waals surface area (Å²) in [5.41, 5.74) is 2.35. The quantitative estimate of drug-likeness (QED) is 0.381. The van der Waals surface area contributed by atoms with Crippen molar-refractivity contribution in [3.63, 3.8) is 0 Å². The second-order valence-corrected chi connectivity index (χ2v) is 8.72. The van der Waals surface area contributed by atoms with E-state index in [2.05, 4.69) is 32.4 Å². The van der Waals surface area contributed by atoms with E-state index >= 15 is 0 Å². The number of amides is 1. The molecule has 180 valence electrons. The van der Waals surface area contributed by atoms with Gasteiger partial charge in [0.05, 0.1) is 21.8 Å². The Morgan fingerprint density at radius 2 is 2.17 bits per heavy atom. The number of fused-ring (bicyclic) bond motifs is 1. The molecule has 1 aliphatic rings. The number of anilines is 3. The molecule has 1 aromatic heterocycles. The minimum absolute atomic E-state index is 0.00230. The summed E-state index contributed by atoms with van der Waals surface area (Å²) >= 11 is 5.92. The summed E-state index contributed by atoms with van der Waals surface area (Å²) in [7, 11) is 3.85. The third-order valence-corrected chi connectivity index (χ3v) is 5.54. The topological polar surface area (TPSA) is 79.4 Å². The number of rotatable bonds is 6. The first-order valence-electron chi connectivity index (χ1n) is 11.2. The second-order valence-electron chi connectivity index (χ2n) is 8.32. The van der Waals surface area contributed by atoms with E-state index in [-0.39, 0.29) is 17.0 Å². The van der Waals surface area contributed by atoms with Crippen molar-refractivity contribution in [3.8, 4) is 11.8 Å². The van der Waals surface area contributed by atoms with Crippen LogP contribution in [0.3, 0.4) is 0 Å². The van der Waals surface area contributed by atoms with Gasteiger partial charge in [-0.25, -0.2) is 14.4 Å². The molecule has 1 atom stereocenters. The molecule has 0 bridgehead atoms. The summed E-state index contributed by atoms with van der Waals surface area (Å²) in [6, 6.07) is 7.90. The van der Waals surface area contributed by atoms with Crippen LogP contribution >= 0.6 is 11.6 Å². The zero-order valence-corrected chi connectivity index (χ0v) is 20.2. The number of carbonyl (C=O) groups excluding carboxylic acids is 1. The number of carbonyl (C=O) groups is 1. The third-order valence-electron chi connectivity index (χ3n) is 5.25. The summed E-state index contributed by atoms with van der Waals surface area (Å²) in [5.74, 6) is 5.99. The van der Waals surface area contributed by atoms with E-state index in [0.29, 0.717) is 46.8 Å². The fraction of sp³-hybridized carbons (Fsp3) is 0.269. The first kappa shape index (κ1) is 24.6. The monoisotopic (exact) mass is 493 g/mol. The minimum atomic E-state index is -0.508. The molecule has 1 fully saturated rings. The maximum atomic E-state index is 13.6. The molecule has 9 heteroatoms. The van der Waals surface area contributed by atoms with Gasteiger partial charge in [-0.3, -0.25) is 4.79 Å². The van der Waals surface area contributed by atoms with Crippen molar-refractivity contribution >= 4 is 45.6 Å². The van der Waals surface area contributed by atoms with Crippen molar-refractivity contribution in [2.75, 3.05) is 37.9 Å². The van der Waals surface area contributed by atoms with E-state index in [1.165, 1.54) is 24.5 Å². The highest BCUT2D eigenvalue weighted by Crippen LogP contribution is 2.30. The van der Waals surface area contributed by atoms with E-state index in [4.69, 9.17) is 16.3 Å². The molecule has 0 saturated carbocycles. The Kier molecular flexibility index (Phi) is 7.93. The van der Waals surface area contributed by atoms with Crippen molar-refractivity contribution in [2.45, 2.75) is 18.9 Å². The van der Waals surface area contributed by atoms with Crippen LogP contribution in [0.4, 0.5) is 21.6 Å². The zero-order chi connectivity index (χ0) is 24.8. The molecule has 35 heavy (non-hydrogen) atoms. The van der Waals surface area contributed by atoms with E-state index in [1.807, 2.05) is 19.0 Å². The van der Waals surface area contributed by atoms with Gasteiger partial charge in [0.1, 0.15) is 24.1 Å². The molecule has 7 nitrogen and oxygen atoms in total. The molecule has 4 rings (SSSR count). The van der Waals surface area contributed by atoms with Gasteiger partial charge in [0.15, 0.2) is 0 Å². The molecule has 2 N–H and O–H groups in total. The smallest absolute Gasteiger partial charge is 0.248 e. The van der Waals surface area contributed by atoms with Crippen molar-refractivity contribution in [2.24, 2.45) is 0 Å². The van der Waals surface area contributed by atoms with Gasteiger partial charge in [0.2, 0.25) is 5.91 Å². The molecular weight excluding hydrogens is 469 g/mol. The number of likely N-dealkylation sites (N-methyl/N-ethyl adjacent to an activating group) is 1. The van der Waals surface area contributed by atoms with Crippen LogP contribution in [0.15, 0.2) is 48.8 Å². The molecule has 1 amide bonds. The van der Waals surface area contributed by atoms with Crippen LogP contribution in [-0.2, 0) is 9.53 Å². The number of benzene rings is 2. The van der Waals surface area contributed by atoms with Gasteiger partial charge in [0, 0.05) is 30.3 Å². The van der Waals surface area contributed by atoms with E-state index in [0.717, 1.165) is 12.8 Å². The molecule has 0 aliphatic carbocycles. The van der Waals surface area contributed by atoms with Gasteiger partial charge in [-0.05, 0) is 57.3 Å². The normalized spacial score (nSPS) is 15.4. The Balaban J connectivity index is 1.71. The highest BCUT2D eigenvalue weighted by atomic mass is 35.5. The summed E-state index contributed by atoms with van der Waals surface area (Å²) < 4.78 is 19.2. The van der Waals surface area contributed by atoms with Gasteiger partial charge in [-0.1, -0.05) is 29.5 Å².